The molecule has 1 aliphatic heterocycles. The Hall–Kier alpha value is -2.38. The first-order valence-corrected chi connectivity index (χ1v) is 13.2. The highest BCUT2D eigenvalue weighted by Gasteiger charge is 2.51. The Morgan fingerprint density at radius 3 is 2.59 bits per heavy atom. The van der Waals surface area contributed by atoms with Crippen LogP contribution in [0, 0.1) is 0 Å². The standard InChI is InChI=1S/C27H35N3O3S/c1-32-23-11-8-20(16-24(23)33-2)27-13-12-21(28-26(31)29-34-22-9-10-22)17-25(27)30(15-14-27)18-19-6-4-3-5-7-19/h3-8,11,16,21-22,25H,9-10,12-15,17-18H2,1-2H3,(H2,28,29,31). The Kier molecular flexibility index (Phi) is 6.93. The van der Waals surface area contributed by atoms with Crippen LogP contribution in [0.2, 0.25) is 0 Å². The molecule has 7 heteroatoms. The number of ether oxygens (including phenoxy) is 2. The van der Waals surface area contributed by atoms with Gasteiger partial charge in [-0.25, -0.2) is 4.79 Å². The second kappa shape index (κ2) is 10.1. The second-order valence-electron chi connectivity index (χ2n) is 9.81. The van der Waals surface area contributed by atoms with Gasteiger partial charge in [-0.05, 0) is 80.3 Å². The van der Waals surface area contributed by atoms with E-state index in [1.807, 2.05) is 6.07 Å². The molecule has 3 unspecified atom stereocenters. The van der Waals surface area contributed by atoms with Crippen LogP contribution in [-0.2, 0) is 12.0 Å². The largest absolute Gasteiger partial charge is 0.493 e. The van der Waals surface area contributed by atoms with Crippen molar-refractivity contribution in [3.8, 4) is 11.5 Å². The summed E-state index contributed by atoms with van der Waals surface area (Å²) in [5, 5.41) is 3.87. The average molecular weight is 482 g/mol. The van der Waals surface area contributed by atoms with Gasteiger partial charge in [0.15, 0.2) is 11.5 Å². The fourth-order valence-electron chi connectivity index (χ4n) is 5.80. The Morgan fingerprint density at radius 1 is 1.06 bits per heavy atom. The van der Waals surface area contributed by atoms with Gasteiger partial charge in [0.1, 0.15) is 0 Å². The Bertz CT molecular complexity index is 1000. The fourth-order valence-corrected chi connectivity index (χ4v) is 6.51. The molecule has 0 spiro atoms. The third-order valence-corrected chi connectivity index (χ3v) is 8.84. The first-order chi connectivity index (χ1) is 16.6. The minimum atomic E-state index is -0.0480. The molecule has 2 aromatic carbocycles. The predicted molar refractivity (Wildman–Crippen MR) is 136 cm³/mol. The zero-order valence-corrected chi connectivity index (χ0v) is 20.9. The lowest BCUT2D eigenvalue weighted by Crippen LogP contribution is -2.53. The summed E-state index contributed by atoms with van der Waals surface area (Å²) in [5.41, 5.74) is 2.70. The summed E-state index contributed by atoms with van der Waals surface area (Å²) in [5.74, 6) is 1.55. The number of hydrogen-bond donors (Lipinski definition) is 2. The molecule has 34 heavy (non-hydrogen) atoms. The highest BCUT2D eigenvalue weighted by molar-refractivity contribution is 7.98. The van der Waals surface area contributed by atoms with E-state index in [-0.39, 0.29) is 17.5 Å². The van der Waals surface area contributed by atoms with E-state index in [0.29, 0.717) is 11.3 Å². The molecule has 6 nitrogen and oxygen atoms in total. The van der Waals surface area contributed by atoms with E-state index in [9.17, 15) is 4.79 Å². The van der Waals surface area contributed by atoms with Crippen molar-refractivity contribution in [2.45, 2.75) is 67.8 Å². The molecule has 3 aliphatic rings. The van der Waals surface area contributed by atoms with Crippen molar-refractivity contribution in [2.24, 2.45) is 0 Å². The van der Waals surface area contributed by atoms with Crippen molar-refractivity contribution in [3.05, 3.63) is 59.7 Å². The Balaban J connectivity index is 1.38. The number of amides is 2. The van der Waals surface area contributed by atoms with Gasteiger partial charge in [-0.2, -0.15) is 0 Å². The molecule has 0 aromatic heterocycles. The van der Waals surface area contributed by atoms with Crippen molar-refractivity contribution in [3.63, 3.8) is 0 Å². The number of nitrogens with one attached hydrogen (secondary N) is 2. The van der Waals surface area contributed by atoms with Crippen LogP contribution in [0.25, 0.3) is 0 Å². The Morgan fingerprint density at radius 2 is 1.85 bits per heavy atom. The summed E-state index contributed by atoms with van der Waals surface area (Å²) < 4.78 is 14.1. The SMILES string of the molecule is COc1ccc(C23CCC(NC(=O)NSC4CC4)CC2N(Cc2ccccc2)CC3)cc1OC. The van der Waals surface area contributed by atoms with Gasteiger partial charge in [-0.15, -0.1) is 0 Å². The number of hydrogen-bond acceptors (Lipinski definition) is 5. The molecule has 2 saturated carbocycles. The Labute approximate surface area is 206 Å². The number of rotatable bonds is 8. The molecule has 2 aliphatic carbocycles. The molecule has 2 N–H and O–H groups in total. The highest BCUT2D eigenvalue weighted by Crippen LogP contribution is 2.50. The summed E-state index contributed by atoms with van der Waals surface area (Å²) in [6.07, 6.45) is 6.49. The van der Waals surface area contributed by atoms with E-state index >= 15 is 0 Å². The van der Waals surface area contributed by atoms with Crippen molar-refractivity contribution in [2.75, 3.05) is 20.8 Å². The number of carbonyl (C=O) groups excluding carboxylic acids is 1. The fraction of sp³-hybridized carbons (Fsp3) is 0.519. The molecule has 1 saturated heterocycles. The molecule has 1 heterocycles. The summed E-state index contributed by atoms with van der Waals surface area (Å²) in [6.45, 7) is 1.97. The zero-order valence-electron chi connectivity index (χ0n) is 20.1. The van der Waals surface area contributed by atoms with Crippen molar-refractivity contribution in [1.29, 1.82) is 0 Å². The zero-order chi connectivity index (χ0) is 23.5. The van der Waals surface area contributed by atoms with Crippen LogP contribution in [0.15, 0.2) is 48.5 Å². The van der Waals surface area contributed by atoms with Crippen LogP contribution in [0.1, 0.15) is 49.7 Å². The first-order valence-electron chi connectivity index (χ1n) is 12.3. The number of carbonyl (C=O) groups is 1. The maximum atomic E-state index is 12.5. The number of benzene rings is 2. The van der Waals surface area contributed by atoms with Crippen molar-refractivity contribution >= 4 is 18.0 Å². The molecule has 182 valence electrons. The van der Waals surface area contributed by atoms with E-state index < -0.39 is 0 Å². The van der Waals surface area contributed by atoms with Gasteiger partial charge in [0.05, 0.1) is 14.2 Å². The summed E-state index contributed by atoms with van der Waals surface area (Å²) in [4.78, 5) is 15.1. The lowest BCUT2D eigenvalue weighted by atomic mass is 9.65. The van der Waals surface area contributed by atoms with Crippen LogP contribution < -0.4 is 19.5 Å². The maximum absolute atomic E-state index is 12.5. The third-order valence-electron chi connectivity index (χ3n) is 7.74. The molecule has 3 atom stereocenters. The van der Waals surface area contributed by atoms with Gasteiger partial charge in [-0.1, -0.05) is 36.4 Å². The number of nitrogens with zero attached hydrogens (tertiary/aromatic N) is 1. The van der Waals surface area contributed by atoms with Gasteiger partial charge >= 0.3 is 6.03 Å². The van der Waals surface area contributed by atoms with E-state index in [0.717, 1.165) is 50.3 Å². The monoisotopic (exact) mass is 481 g/mol. The van der Waals surface area contributed by atoms with Gasteiger partial charge < -0.3 is 14.8 Å². The summed E-state index contributed by atoms with van der Waals surface area (Å²) in [6, 6.07) is 17.6. The summed E-state index contributed by atoms with van der Waals surface area (Å²) >= 11 is 1.57. The minimum Gasteiger partial charge on any atom is -0.493 e. The van der Waals surface area contributed by atoms with E-state index in [2.05, 4.69) is 57.4 Å². The molecule has 2 amide bonds. The number of methoxy groups -OCH3 is 2. The lowest BCUT2D eigenvalue weighted by molar-refractivity contribution is 0.130. The molecule has 0 bridgehead atoms. The van der Waals surface area contributed by atoms with Crippen LogP contribution in [0.3, 0.4) is 0 Å². The molecule has 5 rings (SSSR count). The van der Waals surface area contributed by atoms with E-state index in [1.165, 1.54) is 24.0 Å². The van der Waals surface area contributed by atoms with Crippen LogP contribution >= 0.6 is 11.9 Å². The van der Waals surface area contributed by atoms with Crippen molar-refractivity contribution < 1.29 is 14.3 Å². The maximum Gasteiger partial charge on any atom is 0.324 e. The average Bonchev–Trinajstić information content (AvgIpc) is 3.64. The topological polar surface area (TPSA) is 62.8 Å². The van der Waals surface area contributed by atoms with Gasteiger partial charge in [0.2, 0.25) is 0 Å². The lowest BCUT2D eigenvalue weighted by Gasteiger charge is -2.45. The normalized spacial score (nSPS) is 26.5. The minimum absolute atomic E-state index is 0.0474. The molecule has 0 radical (unpaired) electrons. The van der Waals surface area contributed by atoms with E-state index in [1.54, 1.807) is 26.2 Å². The number of urea groups is 1. The third kappa shape index (κ3) is 4.86. The van der Waals surface area contributed by atoms with Gasteiger partial charge in [0.25, 0.3) is 0 Å². The predicted octanol–water partition coefficient (Wildman–Crippen LogP) is 4.88. The smallest absolute Gasteiger partial charge is 0.324 e. The van der Waals surface area contributed by atoms with E-state index in [4.69, 9.17) is 9.47 Å². The number of fused-ring (bicyclic) bond motifs is 1. The quantitative estimate of drug-likeness (QED) is 0.526. The summed E-state index contributed by atoms with van der Waals surface area (Å²) in [7, 11) is 3.38. The van der Waals surface area contributed by atoms with Crippen molar-refractivity contribution in [1.82, 2.24) is 14.9 Å². The van der Waals surface area contributed by atoms with Gasteiger partial charge in [0, 0.05) is 29.3 Å². The van der Waals surface area contributed by atoms with Gasteiger partial charge in [-0.3, -0.25) is 9.62 Å². The molecular weight excluding hydrogens is 446 g/mol. The van der Waals surface area contributed by atoms with Crippen LogP contribution in [-0.4, -0.2) is 49.0 Å². The first kappa shape index (κ1) is 23.4. The molecular formula is C27H35N3O3S. The van der Waals surface area contributed by atoms with Crippen LogP contribution in [0.5, 0.6) is 11.5 Å². The van der Waals surface area contributed by atoms with Crippen LogP contribution in [0.4, 0.5) is 4.79 Å². The number of likely N-dealkylation sites (tertiary alicyclic amines) is 1. The molecule has 2 aromatic rings. The highest BCUT2D eigenvalue weighted by atomic mass is 32.2. The molecule has 3 fully saturated rings. The second-order valence-corrected chi connectivity index (χ2v) is 10.9.